The van der Waals surface area contributed by atoms with Crippen LogP contribution in [0.15, 0.2) is 18.2 Å². The topological polar surface area (TPSA) is 76.7 Å². The first-order valence-corrected chi connectivity index (χ1v) is 8.08. The van der Waals surface area contributed by atoms with Crippen LogP contribution in [-0.2, 0) is 15.1 Å². The standard InChI is InChI=1S/C17H20N2O4/c1-10-4-5-13-12(7-10)17(15(20)18-16(21)19-17)8-14(23-13)11-3-2-6-22-9-11/h4-5,7,11,14H,2-3,6,8-9H2,1H3,(H2,18,19,20,21). The molecule has 4 rings (SSSR count). The van der Waals surface area contributed by atoms with Crippen LogP contribution in [0.2, 0.25) is 0 Å². The molecular weight excluding hydrogens is 296 g/mol. The number of amides is 3. The predicted octanol–water partition coefficient (Wildman–Crippen LogP) is 1.61. The molecule has 3 atom stereocenters. The number of imide groups is 1. The van der Waals surface area contributed by atoms with Crippen molar-refractivity contribution in [3.05, 3.63) is 29.3 Å². The SMILES string of the molecule is Cc1ccc2c(c1)C1(CC(C3CCCOC3)O2)NC(=O)NC1=O. The number of ether oxygens (including phenoxy) is 2. The quantitative estimate of drug-likeness (QED) is 0.772. The summed E-state index contributed by atoms with van der Waals surface area (Å²) in [7, 11) is 0. The molecule has 3 aliphatic rings. The number of rotatable bonds is 1. The molecule has 2 N–H and O–H groups in total. The van der Waals surface area contributed by atoms with Gasteiger partial charge in [0.15, 0.2) is 5.54 Å². The second kappa shape index (κ2) is 5.23. The van der Waals surface area contributed by atoms with E-state index in [-0.39, 0.29) is 17.9 Å². The molecule has 1 aromatic rings. The van der Waals surface area contributed by atoms with E-state index in [0.29, 0.717) is 18.8 Å². The molecule has 0 saturated carbocycles. The Morgan fingerprint density at radius 2 is 2.17 bits per heavy atom. The zero-order valence-electron chi connectivity index (χ0n) is 13.1. The van der Waals surface area contributed by atoms with E-state index < -0.39 is 11.6 Å². The van der Waals surface area contributed by atoms with E-state index in [2.05, 4.69) is 10.6 Å². The van der Waals surface area contributed by atoms with Gasteiger partial charge in [0, 0.05) is 24.5 Å². The van der Waals surface area contributed by atoms with Gasteiger partial charge in [-0.1, -0.05) is 11.6 Å². The van der Waals surface area contributed by atoms with Crippen molar-refractivity contribution in [2.24, 2.45) is 5.92 Å². The third-order valence-corrected chi connectivity index (χ3v) is 5.04. The first-order chi connectivity index (χ1) is 11.1. The Morgan fingerprint density at radius 1 is 1.30 bits per heavy atom. The number of carbonyl (C=O) groups excluding carboxylic acids is 2. The van der Waals surface area contributed by atoms with Gasteiger partial charge in [0.1, 0.15) is 11.9 Å². The fraction of sp³-hybridized carbons (Fsp3) is 0.529. The number of benzene rings is 1. The van der Waals surface area contributed by atoms with E-state index in [4.69, 9.17) is 9.47 Å². The molecule has 3 unspecified atom stereocenters. The van der Waals surface area contributed by atoms with Gasteiger partial charge in [-0.3, -0.25) is 10.1 Å². The molecular formula is C17H20N2O4. The van der Waals surface area contributed by atoms with Gasteiger partial charge in [-0.15, -0.1) is 0 Å². The van der Waals surface area contributed by atoms with Crippen LogP contribution < -0.4 is 15.4 Å². The highest BCUT2D eigenvalue weighted by Crippen LogP contribution is 2.44. The molecule has 3 amide bonds. The Bertz CT molecular complexity index is 669. The smallest absolute Gasteiger partial charge is 0.322 e. The summed E-state index contributed by atoms with van der Waals surface area (Å²) in [4.78, 5) is 24.4. The number of hydrogen-bond donors (Lipinski definition) is 2. The van der Waals surface area contributed by atoms with Crippen LogP contribution in [0.25, 0.3) is 0 Å². The van der Waals surface area contributed by atoms with Crippen molar-refractivity contribution in [2.45, 2.75) is 37.8 Å². The van der Waals surface area contributed by atoms with E-state index in [1.807, 2.05) is 25.1 Å². The van der Waals surface area contributed by atoms with Crippen molar-refractivity contribution in [3.8, 4) is 5.75 Å². The van der Waals surface area contributed by atoms with Gasteiger partial charge in [0.05, 0.1) is 6.61 Å². The Labute approximate surface area is 134 Å². The van der Waals surface area contributed by atoms with Crippen molar-refractivity contribution in [1.82, 2.24) is 10.6 Å². The fourth-order valence-corrected chi connectivity index (χ4v) is 3.84. The summed E-state index contributed by atoms with van der Waals surface area (Å²) < 4.78 is 11.8. The van der Waals surface area contributed by atoms with Gasteiger partial charge in [0.25, 0.3) is 5.91 Å². The lowest BCUT2D eigenvalue weighted by Crippen LogP contribution is -2.52. The van der Waals surface area contributed by atoms with Gasteiger partial charge in [-0.25, -0.2) is 4.79 Å². The number of nitrogens with one attached hydrogen (secondary N) is 2. The van der Waals surface area contributed by atoms with Crippen LogP contribution in [0, 0.1) is 12.8 Å². The molecule has 6 heteroatoms. The van der Waals surface area contributed by atoms with Crippen LogP contribution in [-0.4, -0.2) is 31.3 Å². The molecule has 0 bridgehead atoms. The monoisotopic (exact) mass is 316 g/mol. The highest BCUT2D eigenvalue weighted by Gasteiger charge is 2.54. The summed E-state index contributed by atoms with van der Waals surface area (Å²) in [6.07, 6.45) is 2.30. The summed E-state index contributed by atoms with van der Waals surface area (Å²) >= 11 is 0. The summed E-state index contributed by atoms with van der Waals surface area (Å²) in [5.41, 5.74) is 0.743. The third kappa shape index (κ3) is 2.28. The predicted molar refractivity (Wildman–Crippen MR) is 82.1 cm³/mol. The van der Waals surface area contributed by atoms with Gasteiger partial charge in [0.2, 0.25) is 0 Å². The molecule has 3 aliphatic heterocycles. The zero-order chi connectivity index (χ0) is 16.0. The lowest BCUT2D eigenvalue weighted by atomic mass is 9.77. The maximum Gasteiger partial charge on any atom is 0.322 e. The van der Waals surface area contributed by atoms with Crippen molar-refractivity contribution in [1.29, 1.82) is 0 Å². The van der Waals surface area contributed by atoms with E-state index in [1.165, 1.54) is 0 Å². The number of hydrogen-bond acceptors (Lipinski definition) is 4. The van der Waals surface area contributed by atoms with Crippen LogP contribution in [0.4, 0.5) is 4.79 Å². The van der Waals surface area contributed by atoms with Gasteiger partial charge in [-0.05, 0) is 31.9 Å². The second-order valence-corrected chi connectivity index (χ2v) is 6.65. The molecule has 2 saturated heterocycles. The second-order valence-electron chi connectivity index (χ2n) is 6.65. The fourth-order valence-electron chi connectivity index (χ4n) is 3.84. The minimum absolute atomic E-state index is 0.144. The molecule has 23 heavy (non-hydrogen) atoms. The Kier molecular flexibility index (Phi) is 3.30. The largest absolute Gasteiger partial charge is 0.490 e. The first kappa shape index (κ1) is 14.5. The summed E-state index contributed by atoms with van der Waals surface area (Å²) in [5, 5.41) is 5.24. The Balaban J connectivity index is 1.76. The molecule has 1 aromatic carbocycles. The Morgan fingerprint density at radius 3 is 2.87 bits per heavy atom. The van der Waals surface area contributed by atoms with Crippen molar-refractivity contribution in [3.63, 3.8) is 0 Å². The first-order valence-electron chi connectivity index (χ1n) is 8.08. The van der Waals surface area contributed by atoms with Crippen LogP contribution in [0.3, 0.4) is 0 Å². The summed E-state index contributed by atoms with van der Waals surface area (Å²) in [6, 6.07) is 5.33. The van der Waals surface area contributed by atoms with Crippen molar-refractivity contribution in [2.75, 3.05) is 13.2 Å². The molecule has 2 fully saturated rings. The Hall–Kier alpha value is -2.08. The highest BCUT2D eigenvalue weighted by atomic mass is 16.5. The van der Waals surface area contributed by atoms with Crippen molar-refractivity contribution >= 4 is 11.9 Å². The molecule has 0 radical (unpaired) electrons. The zero-order valence-corrected chi connectivity index (χ0v) is 13.1. The van der Waals surface area contributed by atoms with E-state index in [9.17, 15) is 9.59 Å². The van der Waals surface area contributed by atoms with Crippen LogP contribution >= 0.6 is 0 Å². The molecule has 6 nitrogen and oxygen atoms in total. The molecule has 0 aliphatic carbocycles. The van der Waals surface area contributed by atoms with E-state index >= 15 is 0 Å². The molecule has 3 heterocycles. The number of aryl methyl sites for hydroxylation is 1. The lowest BCUT2D eigenvalue weighted by molar-refractivity contribution is -0.127. The average molecular weight is 316 g/mol. The molecule has 122 valence electrons. The third-order valence-electron chi connectivity index (χ3n) is 5.04. The van der Waals surface area contributed by atoms with Crippen LogP contribution in [0.1, 0.15) is 30.4 Å². The molecule has 1 spiro atoms. The van der Waals surface area contributed by atoms with E-state index in [0.717, 1.165) is 30.6 Å². The molecule has 0 aromatic heterocycles. The van der Waals surface area contributed by atoms with Crippen molar-refractivity contribution < 1.29 is 19.1 Å². The van der Waals surface area contributed by atoms with E-state index in [1.54, 1.807) is 0 Å². The average Bonchev–Trinajstić information content (AvgIpc) is 2.83. The normalized spacial score (nSPS) is 32.9. The van der Waals surface area contributed by atoms with Gasteiger partial charge >= 0.3 is 6.03 Å². The highest BCUT2D eigenvalue weighted by molar-refractivity contribution is 6.08. The minimum Gasteiger partial charge on any atom is -0.490 e. The van der Waals surface area contributed by atoms with Gasteiger partial charge in [-0.2, -0.15) is 0 Å². The number of fused-ring (bicyclic) bond motifs is 2. The van der Waals surface area contributed by atoms with Gasteiger partial charge < -0.3 is 14.8 Å². The summed E-state index contributed by atoms with van der Waals surface area (Å²) in [6.45, 7) is 3.38. The summed E-state index contributed by atoms with van der Waals surface area (Å²) in [5.74, 6) is 0.620. The lowest BCUT2D eigenvalue weighted by Gasteiger charge is -2.41. The maximum absolute atomic E-state index is 12.6. The number of carbonyl (C=O) groups is 2. The maximum atomic E-state index is 12.6. The minimum atomic E-state index is -1.03. The van der Waals surface area contributed by atoms with Crippen LogP contribution in [0.5, 0.6) is 5.75 Å². The number of urea groups is 1.